The molecule has 3 aromatic rings. The molecule has 0 fully saturated rings. The van der Waals surface area contributed by atoms with Crippen molar-refractivity contribution in [2.24, 2.45) is 0 Å². The lowest BCUT2D eigenvalue weighted by atomic mass is 10.3. The molecular formula is C12H10N4OS. The van der Waals surface area contributed by atoms with E-state index in [0.29, 0.717) is 21.6 Å². The lowest BCUT2D eigenvalue weighted by molar-refractivity contribution is 0.489. The second-order valence-corrected chi connectivity index (χ2v) is 4.71. The van der Waals surface area contributed by atoms with Crippen molar-refractivity contribution >= 4 is 28.5 Å². The number of hydrogen-bond donors (Lipinski definition) is 1. The van der Waals surface area contributed by atoms with E-state index >= 15 is 0 Å². The summed E-state index contributed by atoms with van der Waals surface area (Å²) >= 11 is 1.29. The van der Waals surface area contributed by atoms with Crippen molar-refractivity contribution < 1.29 is 4.42 Å². The Labute approximate surface area is 107 Å². The smallest absolute Gasteiger partial charge is 0.264 e. The molecule has 5 nitrogen and oxygen atoms in total. The third-order valence-electron chi connectivity index (χ3n) is 2.34. The van der Waals surface area contributed by atoms with Crippen molar-refractivity contribution in [3.8, 4) is 0 Å². The maximum absolute atomic E-state index is 5.69. The van der Waals surface area contributed by atoms with Gasteiger partial charge in [-0.15, -0.1) is 0 Å². The highest BCUT2D eigenvalue weighted by Crippen LogP contribution is 2.28. The predicted molar refractivity (Wildman–Crippen MR) is 69.3 cm³/mol. The van der Waals surface area contributed by atoms with Crippen LogP contribution in [0.3, 0.4) is 0 Å². The fraction of sp³-hybridized carbons (Fsp3) is 0.0833. The van der Waals surface area contributed by atoms with Crippen LogP contribution in [-0.4, -0.2) is 15.0 Å². The number of benzene rings is 1. The van der Waals surface area contributed by atoms with Crippen molar-refractivity contribution in [1.82, 2.24) is 15.0 Å². The van der Waals surface area contributed by atoms with Crippen LogP contribution in [0.25, 0.3) is 11.1 Å². The number of nitrogen functional groups attached to an aromatic ring is 1. The minimum Gasteiger partial charge on any atom is -0.431 e. The zero-order chi connectivity index (χ0) is 12.5. The summed E-state index contributed by atoms with van der Waals surface area (Å²) in [7, 11) is 0. The molecule has 0 aliphatic heterocycles. The minimum absolute atomic E-state index is 0.515. The Kier molecular flexibility index (Phi) is 2.64. The summed E-state index contributed by atoms with van der Waals surface area (Å²) in [6, 6.07) is 7.22. The molecular weight excluding hydrogens is 248 g/mol. The van der Waals surface area contributed by atoms with Crippen molar-refractivity contribution in [3.05, 3.63) is 36.2 Å². The van der Waals surface area contributed by atoms with Gasteiger partial charge >= 0.3 is 0 Å². The van der Waals surface area contributed by atoms with Gasteiger partial charge in [-0.25, -0.2) is 15.0 Å². The average molecular weight is 258 g/mol. The van der Waals surface area contributed by atoms with E-state index in [1.807, 2.05) is 19.1 Å². The monoisotopic (exact) mass is 258 g/mol. The molecule has 2 heterocycles. The Hall–Kier alpha value is -2.08. The number of nitrogens with two attached hydrogens (primary N) is 1. The Morgan fingerprint density at radius 1 is 1.22 bits per heavy atom. The number of aromatic nitrogens is 3. The van der Waals surface area contributed by atoms with Crippen LogP contribution in [0.1, 0.15) is 5.69 Å². The fourth-order valence-electron chi connectivity index (χ4n) is 1.52. The number of oxazole rings is 1. The summed E-state index contributed by atoms with van der Waals surface area (Å²) < 4.78 is 5.58. The molecule has 3 rings (SSSR count). The second kappa shape index (κ2) is 4.30. The number of aryl methyl sites for hydroxylation is 1. The van der Waals surface area contributed by atoms with Gasteiger partial charge in [-0.3, -0.25) is 0 Å². The molecule has 18 heavy (non-hydrogen) atoms. The molecule has 0 atom stereocenters. The lowest BCUT2D eigenvalue weighted by Gasteiger charge is -1.95. The van der Waals surface area contributed by atoms with Gasteiger partial charge in [0.1, 0.15) is 5.52 Å². The van der Waals surface area contributed by atoms with E-state index in [0.717, 1.165) is 11.2 Å². The predicted octanol–water partition coefficient (Wildman–Crippen LogP) is 2.66. The third kappa shape index (κ3) is 2.14. The lowest BCUT2D eigenvalue weighted by Crippen LogP contribution is -1.87. The molecule has 90 valence electrons. The Morgan fingerprint density at radius 2 is 2.11 bits per heavy atom. The molecule has 6 heteroatoms. The number of hydrogen-bond acceptors (Lipinski definition) is 6. The summed E-state index contributed by atoms with van der Waals surface area (Å²) in [5, 5.41) is 1.13. The second-order valence-electron chi connectivity index (χ2n) is 3.79. The summed E-state index contributed by atoms with van der Waals surface area (Å²) in [5.74, 6) is 0. The first-order valence-corrected chi connectivity index (χ1v) is 6.16. The van der Waals surface area contributed by atoms with Crippen molar-refractivity contribution in [2.45, 2.75) is 17.3 Å². The third-order valence-corrected chi connectivity index (χ3v) is 3.07. The van der Waals surface area contributed by atoms with Crippen LogP contribution in [0.5, 0.6) is 0 Å². The first kappa shape index (κ1) is 11.0. The highest BCUT2D eigenvalue weighted by molar-refractivity contribution is 7.98. The van der Waals surface area contributed by atoms with Gasteiger partial charge in [0.15, 0.2) is 10.7 Å². The van der Waals surface area contributed by atoms with Crippen molar-refractivity contribution in [1.29, 1.82) is 0 Å². The maximum Gasteiger partial charge on any atom is 0.264 e. The van der Waals surface area contributed by atoms with Gasteiger partial charge in [0.05, 0.1) is 0 Å². The van der Waals surface area contributed by atoms with Gasteiger partial charge in [0.2, 0.25) is 0 Å². The van der Waals surface area contributed by atoms with Crippen LogP contribution in [-0.2, 0) is 0 Å². The van der Waals surface area contributed by atoms with Crippen LogP contribution in [0.2, 0.25) is 0 Å². The molecule has 0 bridgehead atoms. The normalized spacial score (nSPS) is 10.9. The molecule has 0 saturated heterocycles. The van der Waals surface area contributed by atoms with Crippen LogP contribution in [0.4, 0.5) is 5.69 Å². The molecule has 0 saturated carbocycles. The highest BCUT2D eigenvalue weighted by atomic mass is 32.2. The number of anilines is 1. The fourth-order valence-corrected chi connectivity index (χ4v) is 2.25. The van der Waals surface area contributed by atoms with Crippen LogP contribution in [0, 0.1) is 6.92 Å². The number of nitrogens with zero attached hydrogens (tertiary/aromatic N) is 3. The molecule has 0 spiro atoms. The van der Waals surface area contributed by atoms with E-state index in [-0.39, 0.29) is 0 Å². The Balaban J connectivity index is 1.95. The minimum atomic E-state index is 0.515. The SMILES string of the molecule is Cc1ccnc(Sc2nc3ccc(N)cc3o2)n1. The first-order chi connectivity index (χ1) is 8.70. The van der Waals surface area contributed by atoms with Gasteiger partial charge in [0, 0.05) is 35.4 Å². The van der Waals surface area contributed by atoms with Crippen molar-refractivity contribution in [2.75, 3.05) is 5.73 Å². The molecule has 0 amide bonds. The van der Waals surface area contributed by atoms with Gasteiger partial charge < -0.3 is 10.2 Å². The highest BCUT2D eigenvalue weighted by Gasteiger charge is 2.09. The van der Waals surface area contributed by atoms with Gasteiger partial charge in [-0.2, -0.15) is 0 Å². The van der Waals surface area contributed by atoms with Crippen LogP contribution in [0.15, 0.2) is 45.3 Å². The van der Waals surface area contributed by atoms with E-state index in [1.54, 1.807) is 18.3 Å². The van der Waals surface area contributed by atoms with E-state index in [4.69, 9.17) is 10.2 Å². The van der Waals surface area contributed by atoms with E-state index in [2.05, 4.69) is 15.0 Å². The number of rotatable bonds is 2. The van der Waals surface area contributed by atoms with Crippen LogP contribution < -0.4 is 5.73 Å². The first-order valence-electron chi connectivity index (χ1n) is 5.34. The topological polar surface area (TPSA) is 77.8 Å². The standard InChI is InChI=1S/C12H10N4OS/c1-7-4-5-14-11(15-7)18-12-16-9-3-2-8(13)6-10(9)17-12/h2-6H,13H2,1H3. The van der Waals surface area contributed by atoms with Gasteiger partial charge in [0.25, 0.3) is 5.22 Å². The largest absolute Gasteiger partial charge is 0.431 e. The van der Waals surface area contributed by atoms with Gasteiger partial charge in [-0.1, -0.05) is 0 Å². The Bertz CT molecular complexity index is 710. The average Bonchev–Trinajstić information content (AvgIpc) is 2.70. The molecule has 2 N–H and O–H groups in total. The van der Waals surface area contributed by atoms with E-state index in [9.17, 15) is 0 Å². The quantitative estimate of drug-likeness (QED) is 0.562. The molecule has 2 aromatic heterocycles. The summed E-state index contributed by atoms with van der Waals surface area (Å²) in [6.07, 6.45) is 1.71. The number of fused-ring (bicyclic) bond motifs is 1. The summed E-state index contributed by atoms with van der Waals surface area (Å²) in [5.41, 5.74) is 8.70. The Morgan fingerprint density at radius 3 is 2.94 bits per heavy atom. The molecule has 0 unspecified atom stereocenters. The molecule has 0 radical (unpaired) electrons. The van der Waals surface area contributed by atoms with Gasteiger partial charge in [-0.05, 0) is 25.1 Å². The zero-order valence-corrected chi connectivity index (χ0v) is 10.4. The maximum atomic E-state index is 5.69. The molecule has 0 aliphatic rings. The summed E-state index contributed by atoms with van der Waals surface area (Å²) in [4.78, 5) is 12.8. The van der Waals surface area contributed by atoms with Crippen LogP contribution >= 0.6 is 11.8 Å². The molecule has 0 aliphatic carbocycles. The summed E-state index contributed by atoms with van der Waals surface area (Å²) in [6.45, 7) is 1.92. The van der Waals surface area contributed by atoms with E-state index < -0.39 is 0 Å². The van der Waals surface area contributed by atoms with E-state index in [1.165, 1.54) is 11.8 Å². The molecule has 1 aromatic carbocycles. The zero-order valence-electron chi connectivity index (χ0n) is 9.62. The van der Waals surface area contributed by atoms with Crippen molar-refractivity contribution in [3.63, 3.8) is 0 Å².